The van der Waals surface area contributed by atoms with Crippen molar-refractivity contribution in [3.8, 4) is 0 Å². The summed E-state index contributed by atoms with van der Waals surface area (Å²) in [5.74, 6) is 0.881. The van der Waals surface area contributed by atoms with Gasteiger partial charge in [-0.2, -0.15) is 0 Å². The smallest absolute Gasteiger partial charge is 0.258 e. The Labute approximate surface area is 168 Å². The minimum atomic E-state index is -0.262. The Kier molecular flexibility index (Phi) is 5.41. The summed E-state index contributed by atoms with van der Waals surface area (Å²) >= 11 is 0. The Hall–Kier alpha value is -1.95. The van der Waals surface area contributed by atoms with E-state index in [1.165, 1.54) is 51.4 Å². The number of nitrogens with zero attached hydrogens (tertiary/aromatic N) is 2. The van der Waals surface area contributed by atoms with Crippen LogP contribution < -0.4 is 15.5 Å². The summed E-state index contributed by atoms with van der Waals surface area (Å²) in [7, 11) is 0. The van der Waals surface area contributed by atoms with Crippen LogP contribution in [0.3, 0.4) is 0 Å². The van der Waals surface area contributed by atoms with Crippen molar-refractivity contribution in [2.45, 2.75) is 77.3 Å². The van der Waals surface area contributed by atoms with Crippen LogP contribution in [0.5, 0.6) is 0 Å². The summed E-state index contributed by atoms with van der Waals surface area (Å²) in [4.78, 5) is 19.0. The third-order valence-electron chi connectivity index (χ3n) is 6.90. The Morgan fingerprint density at radius 1 is 1.25 bits per heavy atom. The summed E-state index contributed by atoms with van der Waals surface area (Å²) in [6.45, 7) is 5.67. The zero-order valence-electron chi connectivity index (χ0n) is 17.2. The molecule has 3 aliphatic rings. The number of carbonyl (C=O) groups is 1. The molecule has 1 aromatic heterocycles. The van der Waals surface area contributed by atoms with Crippen LogP contribution in [0.15, 0.2) is 12.3 Å². The van der Waals surface area contributed by atoms with Crippen molar-refractivity contribution in [2.75, 3.05) is 18.0 Å². The number of aromatic nitrogens is 1. The van der Waals surface area contributed by atoms with Gasteiger partial charge < -0.3 is 15.5 Å². The molecule has 1 atom stereocenters. The summed E-state index contributed by atoms with van der Waals surface area (Å²) < 4.78 is 0. The molecule has 2 heterocycles. The molecule has 28 heavy (non-hydrogen) atoms. The number of carbonyl (C=O) groups excluding carboxylic acids is 1. The highest BCUT2D eigenvalue weighted by Gasteiger charge is 2.55. The standard InChI is InChI=1S/C22H33N5O/c1-15-12-17(21(28)25-16(2)23)14-24-20(15)27-10-8-22(9-11-27)13-19(22)26-18-6-4-3-5-7-18/h12,14,18-19,26H,3-11,13H2,1-2H3,(H2,23,25,28). The third-order valence-corrected chi connectivity index (χ3v) is 6.90. The van der Waals surface area contributed by atoms with Gasteiger partial charge in [0.25, 0.3) is 5.91 Å². The number of nitrogens with one attached hydrogen (secondary N) is 3. The quantitative estimate of drug-likeness (QED) is 0.550. The second-order valence-electron chi connectivity index (χ2n) is 9.05. The summed E-state index contributed by atoms with van der Waals surface area (Å²) in [5.41, 5.74) is 2.06. The predicted octanol–water partition coefficient (Wildman–Crippen LogP) is 3.40. The van der Waals surface area contributed by atoms with Gasteiger partial charge in [-0.15, -0.1) is 0 Å². The molecule has 3 N–H and O–H groups in total. The van der Waals surface area contributed by atoms with Crippen molar-refractivity contribution in [3.63, 3.8) is 0 Å². The van der Waals surface area contributed by atoms with E-state index < -0.39 is 0 Å². The molecule has 1 aromatic rings. The third kappa shape index (κ3) is 4.07. The van der Waals surface area contributed by atoms with Gasteiger partial charge in [-0.05, 0) is 63.0 Å². The molecule has 1 saturated heterocycles. The maximum atomic E-state index is 12.1. The molecule has 3 fully saturated rings. The second-order valence-corrected chi connectivity index (χ2v) is 9.05. The number of hydrogen-bond acceptors (Lipinski definition) is 5. The maximum Gasteiger partial charge on any atom is 0.258 e. The average molecular weight is 384 g/mol. The molecule has 6 nitrogen and oxygen atoms in total. The molecule has 0 bridgehead atoms. The van der Waals surface area contributed by atoms with E-state index >= 15 is 0 Å². The first kappa shape index (κ1) is 19.4. The van der Waals surface area contributed by atoms with Crippen molar-refractivity contribution >= 4 is 17.6 Å². The first-order valence-corrected chi connectivity index (χ1v) is 10.8. The highest BCUT2D eigenvalue weighted by molar-refractivity contribution is 6.04. The number of pyridine rings is 1. The maximum absolute atomic E-state index is 12.1. The first-order valence-electron chi connectivity index (χ1n) is 10.8. The molecule has 6 heteroatoms. The number of aryl methyl sites for hydroxylation is 1. The lowest BCUT2D eigenvalue weighted by molar-refractivity contribution is 0.0976. The predicted molar refractivity (Wildman–Crippen MR) is 112 cm³/mol. The van der Waals surface area contributed by atoms with E-state index in [-0.39, 0.29) is 11.7 Å². The summed E-state index contributed by atoms with van der Waals surface area (Å²) in [5, 5.41) is 13.9. The van der Waals surface area contributed by atoms with Gasteiger partial charge in [-0.3, -0.25) is 10.2 Å². The van der Waals surface area contributed by atoms with Gasteiger partial charge in [-0.1, -0.05) is 19.3 Å². The Bertz CT molecular complexity index is 747. The molecule has 1 unspecified atom stereocenters. The van der Waals surface area contributed by atoms with Gasteiger partial charge in [-0.25, -0.2) is 4.98 Å². The highest BCUT2D eigenvalue weighted by Crippen LogP contribution is 2.54. The zero-order chi connectivity index (χ0) is 19.7. The van der Waals surface area contributed by atoms with E-state index in [0.29, 0.717) is 11.0 Å². The van der Waals surface area contributed by atoms with Crippen LogP contribution in [0.1, 0.15) is 74.2 Å². The van der Waals surface area contributed by atoms with Gasteiger partial charge in [0.05, 0.1) is 11.4 Å². The normalized spacial score (nSPS) is 24.2. The van der Waals surface area contributed by atoms with E-state index in [1.807, 2.05) is 13.0 Å². The molecule has 1 spiro atoms. The monoisotopic (exact) mass is 383 g/mol. The van der Waals surface area contributed by atoms with E-state index in [2.05, 4.69) is 20.5 Å². The Morgan fingerprint density at radius 2 is 1.96 bits per heavy atom. The molecular formula is C22H33N5O. The second kappa shape index (κ2) is 7.82. The number of amidine groups is 1. The van der Waals surface area contributed by atoms with E-state index in [9.17, 15) is 4.79 Å². The van der Waals surface area contributed by atoms with Gasteiger partial charge in [0, 0.05) is 31.4 Å². The topological polar surface area (TPSA) is 81.1 Å². The van der Waals surface area contributed by atoms with Crippen LogP contribution in [0.2, 0.25) is 0 Å². The molecule has 2 saturated carbocycles. The molecule has 0 radical (unpaired) electrons. The van der Waals surface area contributed by atoms with Crippen LogP contribution in [-0.2, 0) is 0 Å². The van der Waals surface area contributed by atoms with Gasteiger partial charge in [0.15, 0.2) is 0 Å². The fourth-order valence-corrected chi connectivity index (χ4v) is 5.12. The summed E-state index contributed by atoms with van der Waals surface area (Å²) in [6, 6.07) is 3.36. The van der Waals surface area contributed by atoms with Crippen LogP contribution in [-0.4, -0.2) is 41.9 Å². The van der Waals surface area contributed by atoms with Crippen LogP contribution in [0, 0.1) is 17.7 Å². The lowest BCUT2D eigenvalue weighted by Crippen LogP contribution is -2.41. The molecular weight excluding hydrogens is 350 g/mol. The number of rotatable bonds is 4. The molecule has 4 rings (SSSR count). The highest BCUT2D eigenvalue weighted by atomic mass is 16.1. The molecule has 0 aromatic carbocycles. The van der Waals surface area contributed by atoms with Crippen molar-refractivity contribution in [1.82, 2.24) is 15.6 Å². The Balaban J connectivity index is 1.33. The van der Waals surface area contributed by atoms with E-state index in [0.717, 1.165) is 36.6 Å². The fraction of sp³-hybridized carbons (Fsp3) is 0.682. The van der Waals surface area contributed by atoms with Crippen LogP contribution in [0.4, 0.5) is 5.82 Å². The number of piperidine rings is 1. The van der Waals surface area contributed by atoms with Gasteiger partial charge >= 0.3 is 0 Å². The fourth-order valence-electron chi connectivity index (χ4n) is 5.12. The summed E-state index contributed by atoms with van der Waals surface area (Å²) in [6.07, 6.45) is 12.4. The number of amides is 1. The lowest BCUT2D eigenvalue weighted by Gasteiger charge is -2.35. The molecule has 2 aliphatic carbocycles. The molecule has 1 aliphatic heterocycles. The van der Waals surface area contributed by atoms with Crippen molar-refractivity contribution in [1.29, 1.82) is 5.41 Å². The van der Waals surface area contributed by atoms with Crippen molar-refractivity contribution < 1.29 is 4.79 Å². The van der Waals surface area contributed by atoms with Gasteiger partial charge in [0.1, 0.15) is 5.82 Å². The SMILES string of the molecule is CC(=N)NC(=O)c1cnc(N2CCC3(CC2)CC3NC2CCCCC2)c(C)c1. The lowest BCUT2D eigenvalue weighted by atomic mass is 9.91. The average Bonchev–Trinajstić information content (AvgIpc) is 3.33. The van der Waals surface area contributed by atoms with Crippen molar-refractivity contribution in [3.05, 3.63) is 23.4 Å². The first-order chi connectivity index (χ1) is 13.5. The number of hydrogen-bond donors (Lipinski definition) is 3. The van der Waals surface area contributed by atoms with Crippen LogP contribution in [0.25, 0.3) is 0 Å². The minimum Gasteiger partial charge on any atom is -0.356 e. The minimum absolute atomic E-state index is 0.147. The van der Waals surface area contributed by atoms with Gasteiger partial charge in [0.2, 0.25) is 0 Å². The zero-order valence-corrected chi connectivity index (χ0v) is 17.2. The Morgan fingerprint density at radius 3 is 2.61 bits per heavy atom. The van der Waals surface area contributed by atoms with Crippen molar-refractivity contribution in [2.24, 2.45) is 5.41 Å². The van der Waals surface area contributed by atoms with E-state index in [4.69, 9.17) is 5.41 Å². The largest absolute Gasteiger partial charge is 0.356 e. The van der Waals surface area contributed by atoms with Crippen LogP contribution >= 0.6 is 0 Å². The van der Waals surface area contributed by atoms with E-state index in [1.54, 1.807) is 13.1 Å². The number of anilines is 1. The molecule has 1 amide bonds. The molecule has 152 valence electrons.